The van der Waals surface area contributed by atoms with Crippen LogP contribution >= 0.6 is 0 Å². The fourth-order valence-corrected chi connectivity index (χ4v) is 1.89. The molecule has 0 aliphatic carbocycles. The molecule has 0 amide bonds. The number of nitrogens with zero attached hydrogens (tertiary/aromatic N) is 1. The molecule has 0 aromatic carbocycles. The molecule has 0 aliphatic rings. The molecule has 8 nitrogen and oxygen atoms in total. The maximum Gasteiger partial charge on any atom is 0.356 e. The summed E-state index contributed by atoms with van der Waals surface area (Å²) in [5, 5.41) is 0. The Labute approximate surface area is 132 Å². The van der Waals surface area contributed by atoms with Crippen molar-refractivity contribution in [2.24, 2.45) is 5.92 Å². The number of methoxy groups -OCH3 is 3. The Morgan fingerprint density at radius 3 is 1.78 bits per heavy atom. The second-order valence-corrected chi connectivity index (χ2v) is 4.62. The number of aromatic nitrogens is 1. The van der Waals surface area contributed by atoms with Gasteiger partial charge in [0.15, 0.2) is 0 Å². The van der Waals surface area contributed by atoms with Gasteiger partial charge in [0.1, 0.15) is 23.1 Å². The number of carbonyl (C=O) groups is 4. The number of hydrogen-bond donors (Lipinski definition) is 0. The Balaban J connectivity index is 3.28. The van der Waals surface area contributed by atoms with Crippen LogP contribution in [0.1, 0.15) is 33.5 Å². The Hall–Kier alpha value is -2.77. The summed E-state index contributed by atoms with van der Waals surface area (Å²) >= 11 is 0. The highest BCUT2D eigenvalue weighted by Gasteiger charge is 2.26. The van der Waals surface area contributed by atoms with Crippen molar-refractivity contribution in [2.75, 3.05) is 21.3 Å². The van der Waals surface area contributed by atoms with Crippen molar-refractivity contribution in [2.45, 2.75) is 13.3 Å². The van der Waals surface area contributed by atoms with Crippen LogP contribution in [0.25, 0.3) is 0 Å². The zero-order valence-corrected chi connectivity index (χ0v) is 13.2. The first kappa shape index (κ1) is 18.3. The Morgan fingerprint density at radius 2 is 1.43 bits per heavy atom. The molecule has 0 radical (unpaired) electrons. The van der Waals surface area contributed by atoms with Gasteiger partial charge in [0.25, 0.3) is 0 Å². The van der Waals surface area contributed by atoms with Crippen LogP contribution in [0.4, 0.5) is 0 Å². The minimum absolute atomic E-state index is 0.0431. The number of rotatable bonds is 6. The molecule has 1 aromatic heterocycles. The number of ether oxygens (including phenoxy) is 3. The zero-order valence-electron chi connectivity index (χ0n) is 13.2. The number of esters is 3. The maximum absolute atomic E-state index is 11.7. The van der Waals surface area contributed by atoms with Gasteiger partial charge in [-0.2, -0.15) is 0 Å². The lowest BCUT2D eigenvalue weighted by molar-refractivity contribution is -0.148. The van der Waals surface area contributed by atoms with Gasteiger partial charge in [0.2, 0.25) is 0 Å². The molecule has 0 bridgehead atoms. The minimum atomic E-state index is -1.04. The highest BCUT2D eigenvalue weighted by atomic mass is 16.5. The maximum atomic E-state index is 11.7. The molecule has 8 heteroatoms. The van der Waals surface area contributed by atoms with E-state index in [1.807, 2.05) is 0 Å². The predicted molar refractivity (Wildman–Crippen MR) is 76.8 cm³/mol. The Kier molecular flexibility index (Phi) is 6.37. The average molecular weight is 323 g/mol. The largest absolute Gasteiger partial charge is 0.468 e. The number of Topliss-reactive ketones (excluding diaryl/α,β-unsaturated/α-hetero) is 1. The van der Waals surface area contributed by atoms with Crippen LogP contribution in [0.3, 0.4) is 0 Å². The molecule has 1 atom stereocenters. The van der Waals surface area contributed by atoms with Gasteiger partial charge in [-0.25, -0.2) is 14.6 Å². The van der Waals surface area contributed by atoms with E-state index in [1.54, 1.807) is 0 Å². The van der Waals surface area contributed by atoms with Crippen LogP contribution in [0.15, 0.2) is 12.1 Å². The van der Waals surface area contributed by atoms with Crippen molar-refractivity contribution < 1.29 is 33.4 Å². The number of hydrogen-bond acceptors (Lipinski definition) is 8. The van der Waals surface area contributed by atoms with Crippen LogP contribution in [0.5, 0.6) is 0 Å². The summed E-state index contributed by atoms with van der Waals surface area (Å²) in [4.78, 5) is 50.4. The second kappa shape index (κ2) is 8.02. The van der Waals surface area contributed by atoms with E-state index in [-0.39, 0.29) is 17.8 Å². The summed E-state index contributed by atoms with van der Waals surface area (Å²) in [6.45, 7) is 1.26. The van der Waals surface area contributed by atoms with Crippen molar-refractivity contribution in [3.8, 4) is 0 Å². The van der Waals surface area contributed by atoms with E-state index in [4.69, 9.17) is 0 Å². The van der Waals surface area contributed by atoms with Gasteiger partial charge in [0.05, 0.1) is 21.3 Å². The lowest BCUT2D eigenvalue weighted by Crippen LogP contribution is -2.26. The normalized spacial score (nSPS) is 11.3. The monoisotopic (exact) mass is 323 g/mol. The fourth-order valence-electron chi connectivity index (χ4n) is 1.89. The third-order valence-corrected chi connectivity index (χ3v) is 3.09. The predicted octanol–water partition coefficient (Wildman–Crippen LogP) is 0.575. The summed E-state index contributed by atoms with van der Waals surface area (Å²) in [6.07, 6.45) is -0.0431. The summed E-state index contributed by atoms with van der Waals surface area (Å²) in [5.41, 5.74) is 0.126. The third-order valence-electron chi connectivity index (χ3n) is 3.09. The second-order valence-electron chi connectivity index (χ2n) is 4.62. The van der Waals surface area contributed by atoms with Crippen molar-refractivity contribution in [1.29, 1.82) is 0 Å². The van der Waals surface area contributed by atoms with Gasteiger partial charge in [-0.15, -0.1) is 0 Å². The molecular weight excluding hydrogens is 306 g/mol. The summed E-state index contributed by atoms with van der Waals surface area (Å²) in [6, 6.07) is 2.69. The molecular formula is C15H17NO7. The fraction of sp³-hybridized carbons (Fsp3) is 0.400. The van der Waals surface area contributed by atoms with Crippen molar-refractivity contribution in [1.82, 2.24) is 4.98 Å². The van der Waals surface area contributed by atoms with E-state index in [0.29, 0.717) is 5.56 Å². The molecule has 0 saturated heterocycles. The highest BCUT2D eigenvalue weighted by Crippen LogP contribution is 2.15. The van der Waals surface area contributed by atoms with Crippen LogP contribution < -0.4 is 0 Å². The molecule has 1 aromatic rings. The highest BCUT2D eigenvalue weighted by molar-refractivity contribution is 5.98. The molecule has 23 heavy (non-hydrogen) atoms. The van der Waals surface area contributed by atoms with Gasteiger partial charge >= 0.3 is 17.9 Å². The zero-order chi connectivity index (χ0) is 17.6. The molecule has 1 rings (SSSR count). The van der Waals surface area contributed by atoms with Gasteiger partial charge in [-0.3, -0.25) is 9.59 Å². The SMILES string of the molecule is COC(=O)c1cc(CC(C(C)=O)C(=O)OC)cc(C(=O)OC)n1. The van der Waals surface area contributed by atoms with Crippen molar-refractivity contribution in [3.05, 3.63) is 29.1 Å². The molecule has 0 aliphatic heterocycles. The number of pyridine rings is 1. The smallest absolute Gasteiger partial charge is 0.356 e. The third kappa shape index (κ3) is 4.60. The first-order chi connectivity index (χ1) is 10.8. The van der Waals surface area contributed by atoms with Gasteiger partial charge in [-0.1, -0.05) is 0 Å². The quantitative estimate of drug-likeness (QED) is 0.425. The van der Waals surface area contributed by atoms with Crippen molar-refractivity contribution >= 4 is 23.7 Å². The van der Waals surface area contributed by atoms with Gasteiger partial charge in [0, 0.05) is 0 Å². The lowest BCUT2D eigenvalue weighted by atomic mass is 9.95. The van der Waals surface area contributed by atoms with Crippen LogP contribution in [0.2, 0.25) is 0 Å². The minimum Gasteiger partial charge on any atom is -0.468 e. The molecule has 124 valence electrons. The molecule has 1 unspecified atom stereocenters. The molecule has 0 spiro atoms. The standard InChI is InChI=1S/C15H17NO7/c1-8(17)10(13(18)21-2)5-9-6-11(14(19)22-3)16-12(7-9)15(20)23-4/h6-7,10H,5H2,1-4H3. The van der Waals surface area contributed by atoms with E-state index in [2.05, 4.69) is 19.2 Å². The molecule has 0 N–H and O–H groups in total. The topological polar surface area (TPSA) is 109 Å². The first-order valence-electron chi connectivity index (χ1n) is 6.59. The number of carbonyl (C=O) groups excluding carboxylic acids is 4. The van der Waals surface area contributed by atoms with Crippen LogP contribution in [-0.4, -0.2) is 50.0 Å². The summed E-state index contributed by atoms with van der Waals surface area (Å²) < 4.78 is 13.7. The molecule has 0 fully saturated rings. The molecule has 1 heterocycles. The Bertz CT molecular complexity index is 604. The lowest BCUT2D eigenvalue weighted by Gasteiger charge is -2.12. The van der Waals surface area contributed by atoms with E-state index in [9.17, 15) is 19.2 Å². The van der Waals surface area contributed by atoms with Gasteiger partial charge < -0.3 is 14.2 Å². The van der Waals surface area contributed by atoms with E-state index < -0.39 is 29.6 Å². The Morgan fingerprint density at radius 1 is 0.957 bits per heavy atom. The van der Waals surface area contributed by atoms with E-state index >= 15 is 0 Å². The average Bonchev–Trinajstić information content (AvgIpc) is 2.56. The summed E-state index contributed by atoms with van der Waals surface area (Å²) in [5.74, 6) is -3.65. The van der Waals surface area contributed by atoms with Gasteiger partial charge in [-0.05, 0) is 31.0 Å². The van der Waals surface area contributed by atoms with E-state index in [1.165, 1.54) is 40.4 Å². The van der Waals surface area contributed by atoms with Crippen LogP contribution in [-0.2, 0) is 30.2 Å². The van der Waals surface area contributed by atoms with Crippen LogP contribution in [0, 0.1) is 5.92 Å². The van der Waals surface area contributed by atoms with Crippen molar-refractivity contribution in [3.63, 3.8) is 0 Å². The first-order valence-corrected chi connectivity index (χ1v) is 6.59. The van der Waals surface area contributed by atoms with E-state index in [0.717, 1.165) is 0 Å². The summed E-state index contributed by atoms with van der Waals surface area (Å²) in [7, 11) is 3.51. The molecule has 0 saturated carbocycles. The number of ketones is 1.